The van der Waals surface area contributed by atoms with Gasteiger partial charge in [0.05, 0.1) is 12.7 Å². The summed E-state index contributed by atoms with van der Waals surface area (Å²) in [4.78, 5) is 54.5. The van der Waals surface area contributed by atoms with Crippen molar-refractivity contribution in [2.75, 3.05) is 13.2 Å². The van der Waals surface area contributed by atoms with Crippen LogP contribution in [-0.2, 0) is 28.7 Å². The van der Waals surface area contributed by atoms with Crippen LogP contribution in [0.3, 0.4) is 0 Å². The number of fused-ring (bicyclic) bond motifs is 3. The van der Waals surface area contributed by atoms with Crippen LogP contribution in [0.2, 0.25) is 0 Å². The first kappa shape index (κ1) is 30.5. The zero-order chi connectivity index (χ0) is 27.9. The fourth-order valence-electron chi connectivity index (χ4n) is 6.35. The van der Waals surface area contributed by atoms with Crippen LogP contribution in [0.25, 0.3) is 0 Å². The average molecular weight is 532 g/mol. The Bertz CT molecular complexity index is 897. The van der Waals surface area contributed by atoms with Gasteiger partial charge in [-0.2, -0.15) is 0 Å². The number of ketones is 2. The maximum Gasteiger partial charge on any atom is 0.328 e. The zero-order valence-electron chi connectivity index (χ0n) is 24.3. The second-order valence-electron chi connectivity index (χ2n) is 12.3. The highest BCUT2D eigenvalue weighted by Gasteiger charge is 2.52. The number of hydrogen-bond acceptors (Lipinski definition) is 6. The monoisotopic (exact) mass is 531 g/mol. The van der Waals surface area contributed by atoms with Gasteiger partial charge in [-0.25, -0.2) is 4.79 Å². The van der Waals surface area contributed by atoms with Gasteiger partial charge in [0.1, 0.15) is 17.4 Å². The molecule has 0 aliphatic carbocycles. The lowest BCUT2D eigenvalue weighted by molar-refractivity contribution is -0.187. The van der Waals surface area contributed by atoms with Crippen molar-refractivity contribution in [1.29, 1.82) is 0 Å². The molecule has 3 heterocycles. The fraction of sp³-hybridized carbons (Fsp3) is 0.806. The van der Waals surface area contributed by atoms with Crippen LogP contribution >= 0.6 is 0 Å². The summed E-state index contributed by atoms with van der Waals surface area (Å²) >= 11 is 0. The van der Waals surface area contributed by atoms with Crippen LogP contribution in [0.15, 0.2) is 11.6 Å². The highest BCUT2D eigenvalue weighted by atomic mass is 16.5. The minimum absolute atomic E-state index is 0.0354. The number of esters is 1. The lowest BCUT2D eigenvalue weighted by Crippen LogP contribution is -2.60. The topological polar surface area (TPSA) is 90.0 Å². The van der Waals surface area contributed by atoms with Crippen molar-refractivity contribution in [2.45, 2.75) is 129 Å². The molecule has 0 aromatic heterocycles. The standard InChI is InChI=1S/C31H49NO6/c1-6-31-24(5)13-17-26(38-31)16-12-22(3)19-21(2)10-14-25(33)15-11-23(4)20-37-30(36)27-9-7-8-18-32(27)29(35)28(31)34/h10,22-24,26-27H,6-9,11-20H2,1-5H3. The van der Waals surface area contributed by atoms with E-state index < -0.39 is 29.3 Å². The number of piperidine rings is 1. The number of amides is 1. The summed E-state index contributed by atoms with van der Waals surface area (Å²) in [5.74, 6) is -0.982. The quantitative estimate of drug-likeness (QED) is 0.249. The molecule has 3 rings (SSSR count). The normalized spacial score (nSPS) is 35.6. The third-order valence-corrected chi connectivity index (χ3v) is 8.99. The SMILES string of the molecule is CCC12OC(CCC(C)CC(C)=CCC(=O)CCC(C)COC(=O)C3CCCCN3C(=O)C1=O)CCC2C. The van der Waals surface area contributed by atoms with E-state index in [-0.39, 0.29) is 30.3 Å². The van der Waals surface area contributed by atoms with Gasteiger partial charge < -0.3 is 14.4 Å². The van der Waals surface area contributed by atoms with Crippen LogP contribution in [0.4, 0.5) is 0 Å². The van der Waals surface area contributed by atoms with Gasteiger partial charge in [-0.1, -0.05) is 39.3 Å². The summed E-state index contributed by atoms with van der Waals surface area (Å²) < 4.78 is 12.2. The second kappa shape index (κ2) is 13.9. The lowest BCUT2D eigenvalue weighted by atomic mass is 9.75. The number of cyclic esters (lactones) is 1. The predicted octanol–water partition coefficient (Wildman–Crippen LogP) is 5.59. The smallest absolute Gasteiger partial charge is 0.328 e. The van der Waals surface area contributed by atoms with E-state index in [0.29, 0.717) is 44.6 Å². The Hall–Kier alpha value is -2.02. The Labute approximate surface area is 229 Å². The maximum absolute atomic E-state index is 13.9. The number of nitrogens with zero attached hydrogens (tertiary/aromatic N) is 1. The Morgan fingerprint density at radius 1 is 0.947 bits per heavy atom. The van der Waals surface area contributed by atoms with Gasteiger partial charge in [0.2, 0.25) is 0 Å². The largest absolute Gasteiger partial charge is 0.464 e. The molecular formula is C31H49NO6. The molecule has 1 amide bonds. The van der Waals surface area contributed by atoms with E-state index in [0.717, 1.165) is 44.9 Å². The molecule has 0 aromatic rings. The molecule has 0 radical (unpaired) electrons. The first-order valence-corrected chi connectivity index (χ1v) is 14.9. The average Bonchev–Trinajstić information content (AvgIpc) is 2.92. The van der Waals surface area contributed by atoms with Gasteiger partial charge in [0.15, 0.2) is 0 Å². The number of rotatable bonds is 1. The second-order valence-corrected chi connectivity index (χ2v) is 12.3. The Morgan fingerprint density at radius 2 is 1.68 bits per heavy atom. The third-order valence-electron chi connectivity index (χ3n) is 8.99. The molecule has 7 heteroatoms. The van der Waals surface area contributed by atoms with Gasteiger partial charge in [-0.15, -0.1) is 0 Å². The Kier molecular flexibility index (Phi) is 11.1. The molecule has 3 aliphatic rings. The van der Waals surface area contributed by atoms with Crippen molar-refractivity contribution >= 4 is 23.4 Å². The predicted molar refractivity (Wildman–Crippen MR) is 146 cm³/mol. The third kappa shape index (κ3) is 7.55. The van der Waals surface area contributed by atoms with E-state index in [2.05, 4.69) is 19.9 Å². The van der Waals surface area contributed by atoms with Crippen molar-refractivity contribution in [3.8, 4) is 0 Å². The maximum atomic E-state index is 13.9. The van der Waals surface area contributed by atoms with E-state index in [1.54, 1.807) is 0 Å². The molecule has 214 valence electrons. The molecule has 0 N–H and O–H groups in total. The molecule has 0 saturated carbocycles. The lowest BCUT2D eigenvalue weighted by Gasteiger charge is -2.45. The minimum atomic E-state index is -1.15. The molecule has 0 aromatic carbocycles. The highest BCUT2D eigenvalue weighted by Crippen LogP contribution is 2.40. The fourth-order valence-corrected chi connectivity index (χ4v) is 6.35. The molecule has 2 fully saturated rings. The van der Waals surface area contributed by atoms with Crippen LogP contribution in [0.5, 0.6) is 0 Å². The number of carbonyl (C=O) groups is 4. The minimum Gasteiger partial charge on any atom is -0.464 e. The Balaban J connectivity index is 1.85. The van der Waals surface area contributed by atoms with E-state index >= 15 is 0 Å². The van der Waals surface area contributed by atoms with Crippen molar-refractivity contribution in [3.05, 3.63) is 11.6 Å². The van der Waals surface area contributed by atoms with Gasteiger partial charge in [-0.05, 0) is 88.9 Å². The number of ether oxygens (including phenoxy) is 2. The molecule has 6 unspecified atom stereocenters. The summed E-state index contributed by atoms with van der Waals surface area (Å²) in [6.45, 7) is 10.8. The van der Waals surface area contributed by atoms with Crippen LogP contribution in [-0.4, -0.2) is 59.2 Å². The number of allylic oxidation sites excluding steroid dienone is 2. The molecule has 2 saturated heterocycles. The summed E-state index contributed by atoms with van der Waals surface area (Å²) in [6, 6.07) is -0.749. The summed E-state index contributed by atoms with van der Waals surface area (Å²) in [5.41, 5.74) is 0.0655. The van der Waals surface area contributed by atoms with Crippen LogP contribution in [0, 0.1) is 17.8 Å². The van der Waals surface area contributed by atoms with E-state index in [4.69, 9.17) is 9.47 Å². The summed E-state index contributed by atoms with van der Waals surface area (Å²) in [7, 11) is 0. The van der Waals surface area contributed by atoms with Crippen molar-refractivity contribution in [1.82, 2.24) is 4.90 Å². The highest BCUT2D eigenvalue weighted by molar-refractivity contribution is 6.39. The molecular weight excluding hydrogens is 482 g/mol. The zero-order valence-corrected chi connectivity index (χ0v) is 24.3. The molecule has 38 heavy (non-hydrogen) atoms. The summed E-state index contributed by atoms with van der Waals surface area (Å²) in [5, 5.41) is 0. The molecule has 6 atom stereocenters. The van der Waals surface area contributed by atoms with E-state index in [1.165, 1.54) is 10.5 Å². The van der Waals surface area contributed by atoms with Crippen molar-refractivity contribution in [3.63, 3.8) is 0 Å². The molecule has 2 bridgehead atoms. The van der Waals surface area contributed by atoms with Gasteiger partial charge in [0, 0.05) is 19.4 Å². The number of carbonyl (C=O) groups excluding carboxylic acids is 4. The van der Waals surface area contributed by atoms with Gasteiger partial charge in [-0.3, -0.25) is 14.4 Å². The molecule has 3 aliphatic heterocycles. The molecule has 7 nitrogen and oxygen atoms in total. The first-order chi connectivity index (χ1) is 18.1. The van der Waals surface area contributed by atoms with Crippen molar-refractivity contribution in [2.24, 2.45) is 17.8 Å². The summed E-state index contributed by atoms with van der Waals surface area (Å²) in [6.07, 6.45) is 10.4. The van der Waals surface area contributed by atoms with E-state index in [9.17, 15) is 19.2 Å². The van der Waals surface area contributed by atoms with Crippen LogP contribution < -0.4 is 0 Å². The van der Waals surface area contributed by atoms with Crippen LogP contribution in [0.1, 0.15) is 112 Å². The number of hydrogen-bond donors (Lipinski definition) is 0. The number of Topliss-reactive ketones (excluding diaryl/α,β-unsaturated/α-hetero) is 2. The van der Waals surface area contributed by atoms with Crippen molar-refractivity contribution < 1.29 is 28.7 Å². The van der Waals surface area contributed by atoms with E-state index in [1.807, 2.05) is 20.8 Å². The molecule has 0 spiro atoms. The van der Waals surface area contributed by atoms with Gasteiger partial charge in [0.25, 0.3) is 11.7 Å². The first-order valence-electron chi connectivity index (χ1n) is 14.9. The van der Waals surface area contributed by atoms with Gasteiger partial charge >= 0.3 is 5.97 Å². The Morgan fingerprint density at radius 3 is 2.42 bits per heavy atom.